The number of likely N-dealkylation sites (tertiary alicyclic amines) is 1. The van der Waals surface area contributed by atoms with Crippen LogP contribution < -0.4 is 0 Å². The molecule has 0 amide bonds. The number of rotatable bonds is 5. The Bertz CT molecular complexity index is 142. The zero-order valence-electron chi connectivity index (χ0n) is 10.3. The number of nitrogens with zero attached hydrogens (tertiary/aromatic N) is 1. The predicted octanol–water partition coefficient (Wildman–Crippen LogP) is 3.69. The van der Waals surface area contributed by atoms with Crippen LogP contribution in [0, 0.1) is 5.92 Å². The van der Waals surface area contributed by atoms with Crippen molar-refractivity contribution in [2.24, 2.45) is 5.92 Å². The average Bonchev–Trinajstić information content (AvgIpc) is 2.16. The van der Waals surface area contributed by atoms with E-state index in [-0.39, 0.29) is 0 Å². The normalized spacial score (nSPS) is 24.4. The van der Waals surface area contributed by atoms with Gasteiger partial charge in [0.2, 0.25) is 0 Å². The van der Waals surface area contributed by atoms with Crippen LogP contribution in [0.25, 0.3) is 0 Å². The molecule has 0 aromatic heterocycles. The Hall–Kier alpha value is -0.0400. The quantitative estimate of drug-likeness (QED) is 0.650. The number of hydrogen-bond acceptors (Lipinski definition) is 1. The zero-order chi connectivity index (χ0) is 10.4. The highest BCUT2D eigenvalue weighted by atomic mass is 15.2. The fourth-order valence-electron chi connectivity index (χ4n) is 2.54. The SMILES string of the molecule is CCCCC1CCCCN1CC(C)C. The van der Waals surface area contributed by atoms with Crippen LogP contribution in [-0.2, 0) is 0 Å². The van der Waals surface area contributed by atoms with Gasteiger partial charge in [-0.25, -0.2) is 0 Å². The first-order chi connectivity index (χ1) is 6.74. The molecular formula is C13H27N. The van der Waals surface area contributed by atoms with Gasteiger partial charge in [0.1, 0.15) is 0 Å². The molecule has 1 heteroatoms. The summed E-state index contributed by atoms with van der Waals surface area (Å²) in [6.45, 7) is 9.65. The van der Waals surface area contributed by atoms with E-state index in [2.05, 4.69) is 25.7 Å². The van der Waals surface area contributed by atoms with Crippen LogP contribution in [-0.4, -0.2) is 24.0 Å². The second-order valence-electron chi connectivity index (χ2n) is 5.18. The molecule has 0 aromatic carbocycles. The molecule has 0 radical (unpaired) electrons. The lowest BCUT2D eigenvalue weighted by Gasteiger charge is -2.37. The van der Waals surface area contributed by atoms with Crippen LogP contribution in [0.2, 0.25) is 0 Å². The van der Waals surface area contributed by atoms with Crippen molar-refractivity contribution >= 4 is 0 Å². The molecule has 84 valence electrons. The van der Waals surface area contributed by atoms with Crippen molar-refractivity contribution in [1.82, 2.24) is 4.90 Å². The van der Waals surface area contributed by atoms with Crippen molar-refractivity contribution in [3.8, 4) is 0 Å². The summed E-state index contributed by atoms with van der Waals surface area (Å²) in [4.78, 5) is 2.74. The topological polar surface area (TPSA) is 3.24 Å². The summed E-state index contributed by atoms with van der Waals surface area (Å²) in [7, 11) is 0. The van der Waals surface area contributed by atoms with Crippen LogP contribution in [0.1, 0.15) is 59.3 Å². The highest BCUT2D eigenvalue weighted by molar-refractivity contribution is 4.77. The predicted molar refractivity (Wildman–Crippen MR) is 63.6 cm³/mol. The van der Waals surface area contributed by atoms with Crippen molar-refractivity contribution in [1.29, 1.82) is 0 Å². The van der Waals surface area contributed by atoms with Crippen LogP contribution >= 0.6 is 0 Å². The third-order valence-electron chi connectivity index (χ3n) is 3.24. The molecule has 1 atom stereocenters. The first kappa shape index (κ1) is 12.0. The van der Waals surface area contributed by atoms with Crippen molar-refractivity contribution in [3.05, 3.63) is 0 Å². The van der Waals surface area contributed by atoms with Gasteiger partial charge in [0, 0.05) is 12.6 Å². The number of hydrogen-bond donors (Lipinski definition) is 0. The van der Waals surface area contributed by atoms with E-state index < -0.39 is 0 Å². The highest BCUT2D eigenvalue weighted by Gasteiger charge is 2.21. The van der Waals surface area contributed by atoms with E-state index in [0.717, 1.165) is 12.0 Å². The minimum absolute atomic E-state index is 0.831. The fourth-order valence-corrected chi connectivity index (χ4v) is 2.54. The lowest BCUT2D eigenvalue weighted by Crippen LogP contribution is -2.41. The molecule has 1 nitrogen and oxygen atoms in total. The summed E-state index contributed by atoms with van der Waals surface area (Å²) in [5.74, 6) is 0.831. The van der Waals surface area contributed by atoms with E-state index in [1.165, 1.54) is 51.6 Å². The van der Waals surface area contributed by atoms with Gasteiger partial charge in [0.25, 0.3) is 0 Å². The van der Waals surface area contributed by atoms with E-state index in [1.54, 1.807) is 0 Å². The first-order valence-corrected chi connectivity index (χ1v) is 6.48. The molecule has 0 aliphatic carbocycles. The Morgan fingerprint density at radius 1 is 1.29 bits per heavy atom. The molecule has 1 saturated heterocycles. The second-order valence-corrected chi connectivity index (χ2v) is 5.18. The molecule has 1 aliphatic heterocycles. The van der Waals surface area contributed by atoms with Crippen LogP contribution in [0.5, 0.6) is 0 Å². The molecule has 1 fully saturated rings. The number of piperidine rings is 1. The van der Waals surface area contributed by atoms with Gasteiger partial charge in [-0.3, -0.25) is 0 Å². The first-order valence-electron chi connectivity index (χ1n) is 6.48. The second kappa shape index (κ2) is 6.44. The molecule has 0 saturated carbocycles. The Morgan fingerprint density at radius 2 is 2.07 bits per heavy atom. The monoisotopic (exact) mass is 197 g/mol. The van der Waals surface area contributed by atoms with E-state index in [1.807, 2.05) is 0 Å². The molecule has 1 heterocycles. The molecule has 1 aliphatic rings. The van der Waals surface area contributed by atoms with Crippen LogP contribution in [0.15, 0.2) is 0 Å². The lowest BCUT2D eigenvalue weighted by atomic mass is 9.96. The standard InChI is InChI=1S/C13H27N/c1-4-5-8-13-9-6-7-10-14(13)11-12(2)3/h12-13H,4-11H2,1-3H3. The maximum absolute atomic E-state index is 2.74. The summed E-state index contributed by atoms with van der Waals surface area (Å²) >= 11 is 0. The number of unbranched alkanes of at least 4 members (excludes halogenated alkanes) is 1. The summed E-state index contributed by atoms with van der Waals surface area (Å²) in [6.07, 6.45) is 8.54. The fraction of sp³-hybridized carbons (Fsp3) is 1.00. The smallest absolute Gasteiger partial charge is 0.00953 e. The third-order valence-corrected chi connectivity index (χ3v) is 3.24. The zero-order valence-corrected chi connectivity index (χ0v) is 10.3. The minimum atomic E-state index is 0.831. The molecule has 1 rings (SSSR count). The molecule has 0 bridgehead atoms. The van der Waals surface area contributed by atoms with Gasteiger partial charge in [0.15, 0.2) is 0 Å². The largest absolute Gasteiger partial charge is 0.300 e. The summed E-state index contributed by atoms with van der Waals surface area (Å²) in [6, 6.07) is 0.908. The van der Waals surface area contributed by atoms with Gasteiger partial charge in [0.05, 0.1) is 0 Å². The van der Waals surface area contributed by atoms with E-state index >= 15 is 0 Å². The van der Waals surface area contributed by atoms with Gasteiger partial charge >= 0.3 is 0 Å². The average molecular weight is 197 g/mol. The van der Waals surface area contributed by atoms with E-state index in [9.17, 15) is 0 Å². The lowest BCUT2D eigenvalue weighted by molar-refractivity contribution is 0.123. The molecule has 0 N–H and O–H groups in total. The van der Waals surface area contributed by atoms with Gasteiger partial charge in [-0.1, -0.05) is 40.0 Å². The van der Waals surface area contributed by atoms with Crippen LogP contribution in [0.4, 0.5) is 0 Å². The minimum Gasteiger partial charge on any atom is -0.300 e. The van der Waals surface area contributed by atoms with Gasteiger partial charge in [-0.05, 0) is 31.7 Å². The Morgan fingerprint density at radius 3 is 2.71 bits per heavy atom. The molecule has 1 unspecified atom stereocenters. The molecule has 14 heavy (non-hydrogen) atoms. The summed E-state index contributed by atoms with van der Waals surface area (Å²) < 4.78 is 0. The Kier molecular flexibility index (Phi) is 5.54. The van der Waals surface area contributed by atoms with Gasteiger partial charge in [-0.15, -0.1) is 0 Å². The van der Waals surface area contributed by atoms with Crippen molar-refractivity contribution < 1.29 is 0 Å². The highest BCUT2D eigenvalue weighted by Crippen LogP contribution is 2.22. The third kappa shape index (κ3) is 4.00. The van der Waals surface area contributed by atoms with E-state index in [0.29, 0.717) is 0 Å². The van der Waals surface area contributed by atoms with Crippen molar-refractivity contribution in [2.45, 2.75) is 65.3 Å². The Labute approximate surface area is 89.9 Å². The van der Waals surface area contributed by atoms with Crippen molar-refractivity contribution in [3.63, 3.8) is 0 Å². The van der Waals surface area contributed by atoms with E-state index in [4.69, 9.17) is 0 Å². The molecular weight excluding hydrogens is 170 g/mol. The maximum atomic E-state index is 2.74. The van der Waals surface area contributed by atoms with Crippen molar-refractivity contribution in [2.75, 3.05) is 13.1 Å². The van der Waals surface area contributed by atoms with Crippen LogP contribution in [0.3, 0.4) is 0 Å². The molecule has 0 aromatic rings. The molecule has 0 spiro atoms. The summed E-state index contributed by atoms with van der Waals surface area (Å²) in [5.41, 5.74) is 0. The van der Waals surface area contributed by atoms with Gasteiger partial charge < -0.3 is 4.90 Å². The van der Waals surface area contributed by atoms with Gasteiger partial charge in [-0.2, -0.15) is 0 Å². The summed E-state index contributed by atoms with van der Waals surface area (Å²) in [5, 5.41) is 0. The maximum Gasteiger partial charge on any atom is 0.00953 e. The Balaban J connectivity index is 2.33.